The third kappa shape index (κ3) is 4.10. The lowest BCUT2D eigenvalue weighted by molar-refractivity contribution is -0.258. The molecule has 5 nitrogen and oxygen atoms in total. The van der Waals surface area contributed by atoms with Crippen molar-refractivity contribution in [1.29, 1.82) is 0 Å². The molecule has 3 rings (SSSR count). The number of sulfonamides is 1. The third-order valence-electron chi connectivity index (χ3n) is 5.04. The van der Waals surface area contributed by atoms with Crippen molar-refractivity contribution in [3.63, 3.8) is 0 Å². The highest BCUT2D eigenvalue weighted by Crippen LogP contribution is 2.39. The van der Waals surface area contributed by atoms with E-state index in [0.29, 0.717) is 25.7 Å². The molecule has 29 heavy (non-hydrogen) atoms. The van der Waals surface area contributed by atoms with Gasteiger partial charge in [-0.05, 0) is 36.8 Å². The van der Waals surface area contributed by atoms with Crippen molar-refractivity contribution in [3.8, 4) is 0 Å². The molecular formula is C19H20F4N2O3S. The van der Waals surface area contributed by atoms with Crippen LogP contribution >= 0.6 is 0 Å². The molecule has 0 bridgehead atoms. The first kappa shape index (κ1) is 21.5. The summed E-state index contributed by atoms with van der Waals surface area (Å²) in [7, 11) is -3.97. The lowest BCUT2D eigenvalue weighted by Gasteiger charge is -2.35. The summed E-state index contributed by atoms with van der Waals surface area (Å²) in [5.74, 6) is -0.817. The Morgan fingerprint density at radius 3 is 2.00 bits per heavy atom. The lowest BCUT2D eigenvalue weighted by atomic mass is 9.95. The minimum absolute atomic E-state index is 0.110. The molecule has 1 fully saturated rings. The summed E-state index contributed by atoms with van der Waals surface area (Å²) in [5.41, 5.74) is -2.64. The van der Waals surface area contributed by atoms with Crippen LogP contribution in [0.1, 0.15) is 12.5 Å². The number of piperazine rings is 1. The van der Waals surface area contributed by atoms with Gasteiger partial charge in [-0.2, -0.15) is 17.5 Å². The van der Waals surface area contributed by atoms with Crippen LogP contribution in [0, 0.1) is 5.82 Å². The van der Waals surface area contributed by atoms with E-state index in [9.17, 15) is 31.1 Å². The molecule has 0 amide bonds. The van der Waals surface area contributed by atoms with Crippen LogP contribution in [0.2, 0.25) is 0 Å². The number of hydrogen-bond donors (Lipinski definition) is 1. The smallest absolute Gasteiger partial charge is 0.376 e. The quantitative estimate of drug-likeness (QED) is 0.755. The van der Waals surface area contributed by atoms with E-state index < -0.39 is 27.6 Å². The summed E-state index contributed by atoms with van der Waals surface area (Å²) in [6, 6.07) is 10.5. The van der Waals surface area contributed by atoms with Crippen LogP contribution in [-0.2, 0) is 15.6 Å². The molecule has 1 atom stereocenters. The molecule has 10 heteroatoms. The second-order valence-corrected chi connectivity index (χ2v) is 8.84. The fourth-order valence-corrected chi connectivity index (χ4v) is 4.63. The van der Waals surface area contributed by atoms with Crippen molar-refractivity contribution in [2.24, 2.45) is 0 Å². The second-order valence-electron chi connectivity index (χ2n) is 6.94. The van der Waals surface area contributed by atoms with E-state index in [-0.39, 0.29) is 23.5 Å². The van der Waals surface area contributed by atoms with Crippen molar-refractivity contribution >= 4 is 15.7 Å². The second kappa shape index (κ2) is 7.58. The Hall–Kier alpha value is -2.17. The van der Waals surface area contributed by atoms with Crippen LogP contribution in [0.3, 0.4) is 0 Å². The summed E-state index contributed by atoms with van der Waals surface area (Å²) in [6.07, 6.45) is -4.80. The van der Waals surface area contributed by atoms with Gasteiger partial charge in [0.05, 0.1) is 0 Å². The summed E-state index contributed by atoms with van der Waals surface area (Å²) in [4.78, 5) is 1.44. The van der Waals surface area contributed by atoms with E-state index >= 15 is 0 Å². The lowest BCUT2D eigenvalue weighted by Crippen LogP contribution is -2.48. The maximum atomic E-state index is 13.9. The van der Waals surface area contributed by atoms with Gasteiger partial charge in [-0.15, -0.1) is 0 Å². The number of nitrogens with zero attached hydrogens (tertiary/aromatic N) is 2. The molecule has 0 saturated carbocycles. The number of halogens is 4. The third-order valence-corrected chi connectivity index (χ3v) is 6.97. The number of alkyl halides is 3. The van der Waals surface area contributed by atoms with Crippen LogP contribution in [0.5, 0.6) is 0 Å². The topological polar surface area (TPSA) is 60.9 Å². The van der Waals surface area contributed by atoms with Gasteiger partial charge in [0.15, 0.2) is 5.60 Å². The van der Waals surface area contributed by atoms with Gasteiger partial charge >= 0.3 is 6.18 Å². The monoisotopic (exact) mass is 432 g/mol. The van der Waals surface area contributed by atoms with E-state index in [1.807, 2.05) is 4.90 Å². The first-order chi connectivity index (χ1) is 13.4. The molecular weight excluding hydrogens is 412 g/mol. The van der Waals surface area contributed by atoms with E-state index in [0.717, 1.165) is 6.07 Å². The highest BCUT2D eigenvalue weighted by molar-refractivity contribution is 7.89. The minimum atomic E-state index is -4.80. The molecule has 2 aromatic carbocycles. The van der Waals surface area contributed by atoms with Crippen LogP contribution < -0.4 is 4.90 Å². The summed E-state index contributed by atoms with van der Waals surface area (Å²) < 4.78 is 79.2. The highest BCUT2D eigenvalue weighted by atomic mass is 32.2. The zero-order valence-electron chi connectivity index (χ0n) is 15.5. The Bertz CT molecular complexity index is 968. The van der Waals surface area contributed by atoms with Crippen LogP contribution in [-0.4, -0.2) is 50.2 Å². The molecule has 0 aromatic heterocycles. The maximum absolute atomic E-state index is 13.9. The van der Waals surface area contributed by atoms with Crippen molar-refractivity contribution in [1.82, 2.24) is 4.31 Å². The standard InChI is InChI=1S/C19H20F4N2O3S/c1-18(26,19(21,22)23)14-6-8-15(9-7-14)24-10-12-25(13-11-24)29(27,28)17-5-3-2-4-16(17)20/h2-9,26H,10-13H2,1H3. The molecule has 1 aliphatic heterocycles. The normalized spacial score (nSPS) is 18.5. The molecule has 1 N–H and O–H groups in total. The predicted molar refractivity (Wildman–Crippen MR) is 99.4 cm³/mol. The summed E-state index contributed by atoms with van der Waals surface area (Å²) >= 11 is 0. The van der Waals surface area contributed by atoms with Gasteiger partial charge in [0.2, 0.25) is 10.0 Å². The Morgan fingerprint density at radius 1 is 0.931 bits per heavy atom. The van der Waals surface area contributed by atoms with E-state index in [4.69, 9.17) is 0 Å². The van der Waals surface area contributed by atoms with Gasteiger partial charge in [0.25, 0.3) is 0 Å². The number of aliphatic hydroxyl groups is 1. The van der Waals surface area contributed by atoms with Crippen molar-refractivity contribution < 1.29 is 31.1 Å². The molecule has 0 aliphatic carbocycles. The molecule has 0 spiro atoms. The van der Waals surface area contributed by atoms with Crippen molar-refractivity contribution in [2.75, 3.05) is 31.1 Å². The van der Waals surface area contributed by atoms with Gasteiger partial charge in [-0.3, -0.25) is 0 Å². The molecule has 158 valence electrons. The zero-order valence-corrected chi connectivity index (χ0v) is 16.3. The van der Waals surface area contributed by atoms with Crippen LogP contribution in [0.4, 0.5) is 23.2 Å². The number of rotatable bonds is 4. The maximum Gasteiger partial charge on any atom is 0.421 e. The van der Waals surface area contributed by atoms with Gasteiger partial charge in [0.1, 0.15) is 10.7 Å². The van der Waals surface area contributed by atoms with E-state index in [1.165, 1.54) is 46.8 Å². The Labute approximate surface area is 166 Å². The van der Waals surface area contributed by atoms with Crippen LogP contribution in [0.15, 0.2) is 53.4 Å². The number of benzene rings is 2. The van der Waals surface area contributed by atoms with Crippen molar-refractivity contribution in [2.45, 2.75) is 23.6 Å². The molecule has 1 aliphatic rings. The molecule has 1 saturated heterocycles. The van der Waals surface area contributed by atoms with Gasteiger partial charge < -0.3 is 10.0 Å². The average molecular weight is 432 g/mol. The zero-order chi connectivity index (χ0) is 21.4. The highest BCUT2D eigenvalue weighted by Gasteiger charge is 2.51. The number of hydrogen-bond acceptors (Lipinski definition) is 4. The molecule has 2 aromatic rings. The molecule has 0 radical (unpaired) electrons. The van der Waals surface area contributed by atoms with Crippen LogP contribution in [0.25, 0.3) is 0 Å². The van der Waals surface area contributed by atoms with Gasteiger partial charge in [0, 0.05) is 31.9 Å². The Kier molecular flexibility index (Phi) is 5.63. The largest absolute Gasteiger partial charge is 0.421 e. The molecule has 1 unspecified atom stereocenters. The summed E-state index contributed by atoms with van der Waals surface area (Å²) in [6.45, 7) is 1.50. The minimum Gasteiger partial charge on any atom is -0.376 e. The van der Waals surface area contributed by atoms with Gasteiger partial charge in [-0.1, -0.05) is 24.3 Å². The fourth-order valence-electron chi connectivity index (χ4n) is 3.14. The number of anilines is 1. The predicted octanol–water partition coefficient (Wildman–Crippen LogP) is 3.11. The Balaban J connectivity index is 1.71. The van der Waals surface area contributed by atoms with Gasteiger partial charge in [-0.25, -0.2) is 12.8 Å². The first-order valence-electron chi connectivity index (χ1n) is 8.84. The van der Waals surface area contributed by atoms with Crippen molar-refractivity contribution in [3.05, 3.63) is 59.9 Å². The fraction of sp³-hybridized carbons (Fsp3) is 0.368. The summed E-state index contributed by atoms with van der Waals surface area (Å²) in [5, 5.41) is 9.74. The van der Waals surface area contributed by atoms with E-state index in [1.54, 1.807) is 0 Å². The van der Waals surface area contributed by atoms with E-state index in [2.05, 4.69) is 0 Å². The average Bonchev–Trinajstić information content (AvgIpc) is 2.67. The SMILES string of the molecule is CC(O)(c1ccc(N2CCN(S(=O)(=O)c3ccccc3F)CC2)cc1)C(F)(F)F. The first-order valence-corrected chi connectivity index (χ1v) is 10.3. The Morgan fingerprint density at radius 2 is 1.48 bits per heavy atom. The molecule has 1 heterocycles.